The van der Waals surface area contributed by atoms with Gasteiger partial charge >= 0.3 is 5.97 Å². The Morgan fingerprint density at radius 2 is 2.08 bits per heavy atom. The molecule has 0 aromatic rings. The van der Waals surface area contributed by atoms with E-state index in [9.17, 15) is 4.79 Å². The third-order valence-corrected chi connectivity index (χ3v) is 3.12. The first kappa shape index (κ1) is 10.5. The van der Waals surface area contributed by atoms with Crippen molar-refractivity contribution in [1.82, 2.24) is 0 Å². The maximum absolute atomic E-state index is 11.1. The molecule has 1 aliphatic carbocycles. The number of ether oxygens (including phenoxy) is 1. The van der Waals surface area contributed by atoms with Crippen LogP contribution in [-0.4, -0.2) is 23.8 Å². The van der Waals surface area contributed by atoms with Crippen LogP contribution in [-0.2, 0) is 9.53 Å². The van der Waals surface area contributed by atoms with Gasteiger partial charge in [-0.25, -0.2) is 4.79 Å². The molecule has 1 rings (SSSR count). The monoisotopic (exact) mass is 186 g/mol. The highest BCUT2D eigenvalue weighted by Gasteiger charge is 2.54. The second-order valence-electron chi connectivity index (χ2n) is 4.84. The summed E-state index contributed by atoms with van der Waals surface area (Å²) in [5, 5.41) is 9.14. The van der Waals surface area contributed by atoms with Crippen molar-refractivity contribution >= 4 is 5.97 Å². The zero-order valence-electron chi connectivity index (χ0n) is 8.76. The molecule has 1 saturated carbocycles. The molecule has 0 spiro atoms. The summed E-state index contributed by atoms with van der Waals surface area (Å²) in [5.74, 6) is -0.738. The molecule has 0 aromatic heterocycles. The lowest BCUT2D eigenvalue weighted by molar-refractivity contribution is -0.166. The Balaban J connectivity index is 2.96. The first-order valence-corrected chi connectivity index (χ1v) is 4.63. The summed E-state index contributed by atoms with van der Waals surface area (Å²) in [7, 11) is 1.49. The Morgan fingerprint density at radius 1 is 1.54 bits per heavy atom. The molecule has 0 saturated heterocycles. The van der Waals surface area contributed by atoms with E-state index in [1.54, 1.807) is 0 Å². The molecule has 1 aliphatic rings. The minimum Gasteiger partial charge on any atom is -0.479 e. The van der Waals surface area contributed by atoms with Crippen molar-refractivity contribution in [2.75, 3.05) is 7.11 Å². The third-order valence-electron chi connectivity index (χ3n) is 3.12. The predicted octanol–water partition coefficient (Wildman–Crippen LogP) is 1.91. The number of carbonyl (C=O) groups is 1. The molecule has 0 aromatic carbocycles. The fraction of sp³-hybridized carbons (Fsp3) is 0.900. The van der Waals surface area contributed by atoms with Crippen LogP contribution in [0.2, 0.25) is 0 Å². The Labute approximate surface area is 79.1 Å². The highest BCUT2D eigenvalue weighted by atomic mass is 16.5. The number of aliphatic carboxylic acids is 1. The number of hydrogen-bond acceptors (Lipinski definition) is 2. The zero-order valence-corrected chi connectivity index (χ0v) is 8.76. The molecular formula is C10H18O3. The van der Waals surface area contributed by atoms with Crippen LogP contribution in [0, 0.1) is 11.3 Å². The minimum atomic E-state index is -0.955. The van der Waals surface area contributed by atoms with Crippen molar-refractivity contribution in [3.05, 3.63) is 0 Å². The fourth-order valence-electron chi connectivity index (χ4n) is 2.60. The average molecular weight is 186 g/mol. The van der Waals surface area contributed by atoms with Gasteiger partial charge in [0.25, 0.3) is 0 Å². The highest BCUT2D eigenvalue weighted by molar-refractivity contribution is 5.78. The van der Waals surface area contributed by atoms with Crippen molar-refractivity contribution in [2.45, 2.75) is 39.2 Å². The summed E-state index contributed by atoms with van der Waals surface area (Å²) in [6.07, 6.45) is 1.51. The van der Waals surface area contributed by atoms with Gasteiger partial charge in [-0.2, -0.15) is 0 Å². The summed E-state index contributed by atoms with van der Waals surface area (Å²) in [4.78, 5) is 11.1. The normalized spacial score (nSPS) is 37.7. The van der Waals surface area contributed by atoms with Crippen LogP contribution in [0.15, 0.2) is 0 Å². The third kappa shape index (κ3) is 1.57. The largest absolute Gasteiger partial charge is 0.479 e. The van der Waals surface area contributed by atoms with Crippen LogP contribution >= 0.6 is 0 Å². The van der Waals surface area contributed by atoms with E-state index in [2.05, 4.69) is 13.8 Å². The second-order valence-corrected chi connectivity index (χ2v) is 4.84. The molecule has 2 atom stereocenters. The summed E-state index contributed by atoms with van der Waals surface area (Å²) in [5.41, 5.74) is -0.878. The molecule has 0 radical (unpaired) electrons. The van der Waals surface area contributed by atoms with Gasteiger partial charge in [-0.1, -0.05) is 20.8 Å². The molecule has 0 heterocycles. The Bertz CT molecular complexity index is 222. The summed E-state index contributed by atoms with van der Waals surface area (Å²) >= 11 is 0. The van der Waals surface area contributed by atoms with Crippen molar-refractivity contribution in [3.63, 3.8) is 0 Å². The zero-order chi connectivity index (χ0) is 10.3. The fourth-order valence-corrected chi connectivity index (χ4v) is 2.60. The van der Waals surface area contributed by atoms with Gasteiger partial charge in [0.2, 0.25) is 0 Å². The maximum atomic E-state index is 11.1. The standard InChI is InChI=1S/C10H18O3/c1-7-5-9(2,3)6-10(7,13-4)8(11)12/h7H,5-6H2,1-4H3,(H,11,12). The van der Waals surface area contributed by atoms with E-state index < -0.39 is 11.6 Å². The number of carboxylic acids is 1. The topological polar surface area (TPSA) is 46.5 Å². The van der Waals surface area contributed by atoms with Gasteiger partial charge in [-0.3, -0.25) is 0 Å². The molecule has 2 unspecified atom stereocenters. The Morgan fingerprint density at radius 3 is 2.23 bits per heavy atom. The number of hydrogen-bond donors (Lipinski definition) is 1. The first-order valence-electron chi connectivity index (χ1n) is 4.63. The SMILES string of the molecule is COC1(C(=O)O)CC(C)(C)CC1C. The first-order chi connectivity index (χ1) is 5.84. The average Bonchev–Trinajstić information content (AvgIpc) is 2.21. The lowest BCUT2D eigenvalue weighted by Gasteiger charge is -2.27. The molecular weight excluding hydrogens is 168 g/mol. The van der Waals surface area contributed by atoms with E-state index in [4.69, 9.17) is 9.84 Å². The van der Waals surface area contributed by atoms with Gasteiger partial charge in [0.1, 0.15) is 0 Å². The molecule has 0 bridgehead atoms. The minimum absolute atomic E-state index is 0.0772. The summed E-state index contributed by atoms with van der Waals surface area (Å²) in [6.45, 7) is 6.13. The van der Waals surface area contributed by atoms with Crippen LogP contribution in [0.4, 0.5) is 0 Å². The number of carboxylic acid groups (broad SMARTS) is 1. The number of rotatable bonds is 2. The summed E-state index contributed by atoms with van der Waals surface area (Å²) < 4.78 is 5.21. The van der Waals surface area contributed by atoms with Gasteiger partial charge in [0.05, 0.1) is 0 Å². The lowest BCUT2D eigenvalue weighted by atomic mass is 9.89. The molecule has 76 valence electrons. The van der Waals surface area contributed by atoms with Crippen molar-refractivity contribution in [2.24, 2.45) is 11.3 Å². The van der Waals surface area contributed by atoms with E-state index in [0.29, 0.717) is 6.42 Å². The van der Waals surface area contributed by atoms with Gasteiger partial charge in [-0.15, -0.1) is 0 Å². The molecule has 3 heteroatoms. The summed E-state index contributed by atoms with van der Waals surface area (Å²) in [6, 6.07) is 0. The lowest BCUT2D eigenvalue weighted by Crippen LogP contribution is -2.43. The maximum Gasteiger partial charge on any atom is 0.336 e. The molecule has 0 amide bonds. The Hall–Kier alpha value is -0.570. The molecule has 13 heavy (non-hydrogen) atoms. The molecule has 1 fully saturated rings. The second kappa shape index (κ2) is 2.98. The van der Waals surface area contributed by atoms with Gasteiger partial charge < -0.3 is 9.84 Å². The molecule has 1 N–H and O–H groups in total. The predicted molar refractivity (Wildman–Crippen MR) is 49.6 cm³/mol. The van der Waals surface area contributed by atoms with Crippen LogP contribution in [0.3, 0.4) is 0 Å². The van der Waals surface area contributed by atoms with E-state index in [0.717, 1.165) is 6.42 Å². The van der Waals surface area contributed by atoms with Crippen molar-refractivity contribution in [3.8, 4) is 0 Å². The highest BCUT2D eigenvalue weighted by Crippen LogP contribution is 2.49. The molecule has 0 aliphatic heterocycles. The van der Waals surface area contributed by atoms with Crippen LogP contribution < -0.4 is 0 Å². The van der Waals surface area contributed by atoms with E-state index in [1.807, 2.05) is 6.92 Å². The molecule has 3 nitrogen and oxygen atoms in total. The van der Waals surface area contributed by atoms with Gasteiger partial charge in [0, 0.05) is 7.11 Å². The quantitative estimate of drug-likeness (QED) is 0.716. The van der Waals surface area contributed by atoms with Gasteiger partial charge in [0.15, 0.2) is 5.60 Å². The smallest absolute Gasteiger partial charge is 0.336 e. The Kier molecular flexibility index (Phi) is 2.41. The van der Waals surface area contributed by atoms with E-state index >= 15 is 0 Å². The van der Waals surface area contributed by atoms with Crippen molar-refractivity contribution < 1.29 is 14.6 Å². The van der Waals surface area contributed by atoms with Gasteiger partial charge in [-0.05, 0) is 24.2 Å². The van der Waals surface area contributed by atoms with E-state index in [1.165, 1.54) is 7.11 Å². The van der Waals surface area contributed by atoms with Crippen LogP contribution in [0.5, 0.6) is 0 Å². The van der Waals surface area contributed by atoms with Crippen molar-refractivity contribution in [1.29, 1.82) is 0 Å². The van der Waals surface area contributed by atoms with Crippen LogP contribution in [0.1, 0.15) is 33.6 Å². The van der Waals surface area contributed by atoms with Crippen LogP contribution in [0.25, 0.3) is 0 Å². The number of methoxy groups -OCH3 is 1. The van der Waals surface area contributed by atoms with E-state index in [-0.39, 0.29) is 11.3 Å².